The highest BCUT2D eigenvalue weighted by Gasteiger charge is 2.32. The Morgan fingerprint density at radius 3 is 2.60 bits per heavy atom. The van der Waals surface area contributed by atoms with Crippen molar-refractivity contribution in [2.24, 2.45) is 11.7 Å². The molecular weight excluding hydrogens is 276 g/mol. The van der Waals surface area contributed by atoms with Gasteiger partial charge in [0.2, 0.25) is 11.8 Å². The number of rotatable bonds is 1. The van der Waals surface area contributed by atoms with Gasteiger partial charge in [-0.05, 0) is 24.1 Å². The molecule has 4 nitrogen and oxygen atoms in total. The Balaban J connectivity index is 2.47. The van der Waals surface area contributed by atoms with Crippen molar-refractivity contribution in [2.75, 3.05) is 11.4 Å². The lowest BCUT2D eigenvalue weighted by Gasteiger charge is -2.29. The Morgan fingerprint density at radius 1 is 1.35 bits per heavy atom. The minimum absolute atomic E-state index is 0.0732. The van der Waals surface area contributed by atoms with E-state index in [0.29, 0.717) is 29.1 Å². The summed E-state index contributed by atoms with van der Waals surface area (Å²) in [7, 11) is 0. The molecule has 1 aliphatic heterocycles. The predicted molar refractivity (Wildman–Crippen MR) is 78.3 cm³/mol. The van der Waals surface area contributed by atoms with Crippen LogP contribution in [0.3, 0.4) is 0 Å². The Morgan fingerprint density at radius 2 is 2.00 bits per heavy atom. The summed E-state index contributed by atoms with van der Waals surface area (Å²) < 4.78 is 0. The van der Waals surface area contributed by atoms with Crippen LogP contribution in [0.5, 0.6) is 0 Å². The van der Waals surface area contributed by atoms with Crippen molar-refractivity contribution in [1.82, 2.24) is 0 Å². The molecule has 0 aromatic heterocycles. The molecule has 1 heterocycles. The van der Waals surface area contributed by atoms with Gasteiger partial charge in [0.15, 0.2) is 0 Å². The molecule has 1 fully saturated rings. The fourth-order valence-corrected chi connectivity index (χ4v) is 2.37. The van der Waals surface area contributed by atoms with Gasteiger partial charge in [0.25, 0.3) is 0 Å². The zero-order chi connectivity index (χ0) is 14.7. The molecule has 2 rings (SSSR count). The summed E-state index contributed by atoms with van der Waals surface area (Å²) in [5.41, 5.74) is 6.38. The summed E-state index contributed by atoms with van der Waals surface area (Å²) in [4.78, 5) is 25.5. The zero-order valence-electron chi connectivity index (χ0n) is 11.1. The molecular formula is C15H15ClN2O2. The summed E-state index contributed by atoms with van der Waals surface area (Å²) in [6, 6.07) is 4.96. The monoisotopic (exact) mass is 290 g/mol. The van der Waals surface area contributed by atoms with E-state index >= 15 is 0 Å². The van der Waals surface area contributed by atoms with E-state index in [4.69, 9.17) is 17.3 Å². The number of hydrogen-bond acceptors (Lipinski definition) is 3. The third-order valence-corrected chi connectivity index (χ3v) is 3.31. The fourth-order valence-electron chi connectivity index (χ4n) is 2.20. The molecule has 0 atom stereocenters. The average Bonchev–Trinajstić information content (AvgIpc) is 2.36. The van der Waals surface area contributed by atoms with Crippen LogP contribution in [0.15, 0.2) is 18.2 Å². The molecule has 2 amide bonds. The molecule has 1 saturated heterocycles. The topological polar surface area (TPSA) is 63.4 Å². The first kappa shape index (κ1) is 14.6. The summed E-state index contributed by atoms with van der Waals surface area (Å²) in [6.07, 6.45) is 0.698. The third kappa shape index (κ3) is 3.01. The second kappa shape index (κ2) is 6.08. The van der Waals surface area contributed by atoms with E-state index in [1.165, 1.54) is 4.90 Å². The maximum atomic E-state index is 12.1. The van der Waals surface area contributed by atoms with Crippen LogP contribution < -0.4 is 10.6 Å². The van der Waals surface area contributed by atoms with E-state index in [-0.39, 0.29) is 24.3 Å². The van der Waals surface area contributed by atoms with Crippen molar-refractivity contribution in [3.05, 3.63) is 28.8 Å². The molecule has 0 aliphatic carbocycles. The Hall–Kier alpha value is -1.83. The number of carbonyl (C=O) groups excluding carboxylic acids is 2. The van der Waals surface area contributed by atoms with Crippen LogP contribution in [0.1, 0.15) is 25.3 Å². The fraction of sp³-hybridized carbons (Fsp3) is 0.333. The predicted octanol–water partition coefficient (Wildman–Crippen LogP) is 1.94. The van der Waals surface area contributed by atoms with Crippen LogP contribution >= 0.6 is 11.6 Å². The molecule has 1 aliphatic rings. The summed E-state index contributed by atoms with van der Waals surface area (Å²) >= 11 is 5.97. The van der Waals surface area contributed by atoms with E-state index in [1.807, 2.05) is 6.92 Å². The largest absolute Gasteiger partial charge is 0.320 e. The highest BCUT2D eigenvalue weighted by atomic mass is 35.5. The average molecular weight is 291 g/mol. The Kier molecular flexibility index (Phi) is 4.43. The number of hydrogen-bond donors (Lipinski definition) is 1. The van der Waals surface area contributed by atoms with Crippen LogP contribution in [0.2, 0.25) is 5.02 Å². The maximum Gasteiger partial charge on any atom is 0.234 e. The third-order valence-electron chi connectivity index (χ3n) is 3.07. The van der Waals surface area contributed by atoms with Gasteiger partial charge < -0.3 is 5.73 Å². The van der Waals surface area contributed by atoms with E-state index in [1.54, 1.807) is 18.2 Å². The van der Waals surface area contributed by atoms with Crippen molar-refractivity contribution in [3.8, 4) is 11.8 Å². The summed E-state index contributed by atoms with van der Waals surface area (Å²) in [6.45, 7) is 2.10. The lowest BCUT2D eigenvalue weighted by molar-refractivity contribution is -0.130. The Bertz CT molecular complexity index is 598. The zero-order valence-corrected chi connectivity index (χ0v) is 11.9. The SMILES string of the molecule is CC1CC(=O)N(c2cc(Cl)ccc2C#CCN)C(=O)C1. The molecule has 5 heteroatoms. The normalized spacial score (nSPS) is 16.1. The van der Waals surface area contributed by atoms with E-state index in [2.05, 4.69) is 11.8 Å². The number of nitrogens with two attached hydrogens (primary N) is 1. The maximum absolute atomic E-state index is 12.1. The number of nitrogens with zero attached hydrogens (tertiary/aromatic N) is 1. The van der Waals surface area contributed by atoms with Crippen LogP contribution in [-0.4, -0.2) is 18.4 Å². The van der Waals surface area contributed by atoms with Gasteiger partial charge in [-0.2, -0.15) is 0 Å². The van der Waals surface area contributed by atoms with Gasteiger partial charge >= 0.3 is 0 Å². The van der Waals surface area contributed by atoms with Gasteiger partial charge in [-0.3, -0.25) is 9.59 Å². The van der Waals surface area contributed by atoms with Crippen LogP contribution in [0.4, 0.5) is 5.69 Å². The number of anilines is 1. The molecule has 0 radical (unpaired) electrons. The van der Waals surface area contributed by atoms with Crippen molar-refractivity contribution in [3.63, 3.8) is 0 Å². The minimum Gasteiger partial charge on any atom is -0.320 e. The molecule has 0 unspecified atom stereocenters. The van der Waals surface area contributed by atoms with Gasteiger partial charge in [-0.25, -0.2) is 4.90 Å². The van der Waals surface area contributed by atoms with Gasteiger partial charge in [0.05, 0.1) is 12.2 Å². The van der Waals surface area contributed by atoms with E-state index in [9.17, 15) is 9.59 Å². The van der Waals surface area contributed by atoms with Crippen molar-refractivity contribution in [2.45, 2.75) is 19.8 Å². The first-order valence-corrected chi connectivity index (χ1v) is 6.75. The smallest absolute Gasteiger partial charge is 0.234 e. The van der Waals surface area contributed by atoms with Gasteiger partial charge in [0.1, 0.15) is 0 Å². The highest BCUT2D eigenvalue weighted by Crippen LogP contribution is 2.30. The van der Waals surface area contributed by atoms with Crippen molar-refractivity contribution < 1.29 is 9.59 Å². The van der Waals surface area contributed by atoms with Crippen molar-refractivity contribution >= 4 is 29.1 Å². The Labute approximate surface area is 122 Å². The molecule has 1 aromatic carbocycles. The van der Waals surface area contributed by atoms with Gasteiger partial charge in [-0.1, -0.05) is 30.4 Å². The van der Waals surface area contributed by atoms with E-state index in [0.717, 1.165) is 0 Å². The number of imide groups is 1. The first-order chi connectivity index (χ1) is 9.52. The number of piperidine rings is 1. The highest BCUT2D eigenvalue weighted by molar-refractivity contribution is 6.31. The summed E-state index contributed by atoms with van der Waals surface area (Å²) in [5, 5.41) is 0.456. The minimum atomic E-state index is -0.216. The molecule has 1 aromatic rings. The number of carbonyl (C=O) groups is 2. The quantitative estimate of drug-likeness (QED) is 0.635. The molecule has 2 N–H and O–H groups in total. The van der Waals surface area contributed by atoms with Crippen LogP contribution in [0, 0.1) is 17.8 Å². The lowest BCUT2D eigenvalue weighted by Crippen LogP contribution is -2.43. The van der Waals surface area contributed by atoms with Crippen LogP contribution in [-0.2, 0) is 9.59 Å². The van der Waals surface area contributed by atoms with Gasteiger partial charge in [-0.15, -0.1) is 0 Å². The second-order valence-corrected chi connectivity index (χ2v) is 5.24. The number of halogens is 1. The molecule has 0 saturated carbocycles. The number of benzene rings is 1. The van der Waals surface area contributed by atoms with Crippen molar-refractivity contribution in [1.29, 1.82) is 0 Å². The first-order valence-electron chi connectivity index (χ1n) is 6.37. The second-order valence-electron chi connectivity index (χ2n) is 4.80. The standard InChI is InChI=1S/C15H15ClN2O2/c1-10-7-14(19)18(15(20)8-10)13-9-12(16)5-4-11(13)3-2-6-17/h4-5,9-10H,6-8,17H2,1H3. The molecule has 104 valence electrons. The molecule has 0 spiro atoms. The lowest BCUT2D eigenvalue weighted by atomic mass is 9.96. The molecule has 0 bridgehead atoms. The van der Waals surface area contributed by atoms with Crippen LogP contribution in [0.25, 0.3) is 0 Å². The van der Waals surface area contributed by atoms with E-state index < -0.39 is 0 Å². The van der Waals surface area contributed by atoms with Gasteiger partial charge in [0, 0.05) is 23.4 Å². The molecule has 20 heavy (non-hydrogen) atoms. The summed E-state index contributed by atoms with van der Waals surface area (Å²) in [5.74, 6) is 5.24. The number of amides is 2.